The van der Waals surface area contributed by atoms with Crippen molar-refractivity contribution in [3.05, 3.63) is 0 Å². The number of methoxy groups -OCH3 is 1. The normalized spacial score (nSPS) is 18.5. The molecular formula is C12H23NO2. The molecule has 1 fully saturated rings. The zero-order valence-corrected chi connectivity index (χ0v) is 9.76. The summed E-state index contributed by atoms with van der Waals surface area (Å²) in [5.41, 5.74) is 0. The van der Waals surface area contributed by atoms with Crippen LogP contribution >= 0.6 is 0 Å². The summed E-state index contributed by atoms with van der Waals surface area (Å²) in [5.74, 6) is 0.702. The first-order valence-electron chi connectivity index (χ1n) is 6.10. The van der Waals surface area contributed by atoms with Gasteiger partial charge in [-0.05, 0) is 25.3 Å². The molecule has 0 aliphatic heterocycles. The fourth-order valence-corrected chi connectivity index (χ4v) is 2.17. The first-order chi connectivity index (χ1) is 7.33. The lowest BCUT2D eigenvalue weighted by Crippen LogP contribution is -2.25. The Hall–Kier alpha value is -0.570. The van der Waals surface area contributed by atoms with Crippen LogP contribution in [0.4, 0.5) is 0 Å². The molecule has 3 nitrogen and oxygen atoms in total. The zero-order chi connectivity index (χ0) is 10.9. The molecule has 1 aliphatic rings. The van der Waals surface area contributed by atoms with E-state index in [1.54, 1.807) is 0 Å². The molecular weight excluding hydrogens is 190 g/mol. The number of nitrogens with one attached hydrogen (secondary N) is 1. The van der Waals surface area contributed by atoms with Crippen molar-refractivity contribution in [3.63, 3.8) is 0 Å². The van der Waals surface area contributed by atoms with E-state index in [2.05, 4.69) is 10.1 Å². The summed E-state index contributed by atoms with van der Waals surface area (Å²) >= 11 is 0. The van der Waals surface area contributed by atoms with E-state index >= 15 is 0 Å². The Balaban J connectivity index is 2.00. The number of hydrogen-bond donors (Lipinski definition) is 1. The molecule has 0 aromatic rings. The van der Waals surface area contributed by atoms with Gasteiger partial charge in [0.2, 0.25) is 0 Å². The molecule has 0 radical (unpaired) electrons. The molecule has 0 amide bonds. The van der Waals surface area contributed by atoms with Crippen molar-refractivity contribution in [3.8, 4) is 0 Å². The molecule has 1 N–H and O–H groups in total. The lowest BCUT2D eigenvalue weighted by atomic mass is 10.0. The van der Waals surface area contributed by atoms with E-state index in [9.17, 15) is 4.79 Å². The Bertz CT molecular complexity index is 174. The largest absolute Gasteiger partial charge is 0.469 e. The number of carbonyl (C=O) groups is 1. The highest BCUT2D eigenvalue weighted by molar-refractivity contribution is 5.69. The van der Waals surface area contributed by atoms with Crippen LogP contribution in [0, 0.1) is 5.92 Å². The van der Waals surface area contributed by atoms with Gasteiger partial charge >= 0.3 is 5.97 Å². The van der Waals surface area contributed by atoms with Gasteiger partial charge in [0.05, 0.1) is 13.5 Å². The molecule has 88 valence electrons. The Kier molecular flexibility index (Phi) is 6.41. The number of esters is 1. The second-order valence-electron chi connectivity index (χ2n) is 4.39. The molecule has 0 aromatic carbocycles. The van der Waals surface area contributed by atoms with Gasteiger partial charge in [0, 0.05) is 6.54 Å². The van der Waals surface area contributed by atoms with Crippen molar-refractivity contribution in [1.82, 2.24) is 5.32 Å². The van der Waals surface area contributed by atoms with Gasteiger partial charge in [-0.3, -0.25) is 4.79 Å². The molecule has 1 rings (SSSR count). The highest BCUT2D eigenvalue weighted by Crippen LogP contribution is 2.21. The van der Waals surface area contributed by atoms with Crippen molar-refractivity contribution >= 4 is 5.97 Å². The Labute approximate surface area is 92.6 Å². The van der Waals surface area contributed by atoms with Crippen LogP contribution in [0.15, 0.2) is 0 Å². The summed E-state index contributed by atoms with van der Waals surface area (Å²) in [4.78, 5) is 10.9. The second-order valence-corrected chi connectivity index (χ2v) is 4.39. The van der Waals surface area contributed by atoms with E-state index in [0.29, 0.717) is 6.42 Å². The monoisotopic (exact) mass is 213 g/mol. The first kappa shape index (κ1) is 12.5. The third-order valence-electron chi connectivity index (χ3n) is 3.14. The highest BCUT2D eigenvalue weighted by Gasteiger charge is 2.11. The van der Waals surface area contributed by atoms with Gasteiger partial charge in [-0.2, -0.15) is 0 Å². The standard InChI is InChI=1S/C12H23NO2/c1-15-12(14)8-9-13-10-11-6-4-2-3-5-7-11/h11,13H,2-10H2,1H3. The van der Waals surface area contributed by atoms with Crippen molar-refractivity contribution in [1.29, 1.82) is 0 Å². The van der Waals surface area contributed by atoms with E-state index in [1.165, 1.54) is 45.6 Å². The summed E-state index contributed by atoms with van der Waals surface area (Å²) in [7, 11) is 1.44. The van der Waals surface area contributed by atoms with Crippen LogP contribution in [0.3, 0.4) is 0 Å². The average molecular weight is 213 g/mol. The quantitative estimate of drug-likeness (QED) is 0.432. The van der Waals surface area contributed by atoms with Crippen molar-refractivity contribution in [2.75, 3.05) is 20.2 Å². The van der Waals surface area contributed by atoms with E-state index < -0.39 is 0 Å². The van der Waals surface area contributed by atoms with Crippen LogP contribution in [0.5, 0.6) is 0 Å². The third-order valence-corrected chi connectivity index (χ3v) is 3.14. The van der Waals surface area contributed by atoms with Gasteiger partial charge in [0.15, 0.2) is 0 Å². The second kappa shape index (κ2) is 7.69. The van der Waals surface area contributed by atoms with Gasteiger partial charge < -0.3 is 10.1 Å². The minimum Gasteiger partial charge on any atom is -0.469 e. The third kappa shape index (κ3) is 5.78. The molecule has 0 heterocycles. The number of rotatable bonds is 5. The van der Waals surface area contributed by atoms with Gasteiger partial charge in [0.25, 0.3) is 0 Å². The molecule has 0 bridgehead atoms. The predicted molar refractivity (Wildman–Crippen MR) is 60.7 cm³/mol. The van der Waals surface area contributed by atoms with Crippen LogP contribution in [-0.4, -0.2) is 26.2 Å². The van der Waals surface area contributed by atoms with Crippen LogP contribution in [-0.2, 0) is 9.53 Å². The zero-order valence-electron chi connectivity index (χ0n) is 9.76. The van der Waals surface area contributed by atoms with Gasteiger partial charge in [-0.15, -0.1) is 0 Å². The van der Waals surface area contributed by atoms with Crippen molar-refractivity contribution < 1.29 is 9.53 Å². The van der Waals surface area contributed by atoms with E-state index in [-0.39, 0.29) is 5.97 Å². The number of carbonyl (C=O) groups excluding carboxylic acids is 1. The van der Waals surface area contributed by atoms with Crippen LogP contribution < -0.4 is 5.32 Å². The maximum atomic E-state index is 10.9. The Morgan fingerprint density at radius 3 is 2.53 bits per heavy atom. The summed E-state index contributed by atoms with van der Waals surface area (Å²) in [6.07, 6.45) is 8.75. The van der Waals surface area contributed by atoms with Crippen LogP contribution in [0.25, 0.3) is 0 Å². The molecule has 3 heteroatoms. The maximum Gasteiger partial charge on any atom is 0.306 e. The van der Waals surface area contributed by atoms with Crippen LogP contribution in [0.1, 0.15) is 44.9 Å². The fraction of sp³-hybridized carbons (Fsp3) is 0.917. The van der Waals surface area contributed by atoms with E-state index in [1.807, 2.05) is 0 Å². The highest BCUT2D eigenvalue weighted by atomic mass is 16.5. The van der Waals surface area contributed by atoms with Gasteiger partial charge in [0.1, 0.15) is 0 Å². The Morgan fingerprint density at radius 2 is 1.93 bits per heavy atom. The number of hydrogen-bond acceptors (Lipinski definition) is 3. The van der Waals surface area contributed by atoms with Crippen molar-refractivity contribution in [2.24, 2.45) is 5.92 Å². The minimum absolute atomic E-state index is 0.122. The summed E-state index contributed by atoms with van der Waals surface area (Å²) in [6, 6.07) is 0. The first-order valence-corrected chi connectivity index (χ1v) is 6.10. The molecule has 0 atom stereocenters. The fourth-order valence-electron chi connectivity index (χ4n) is 2.17. The predicted octanol–water partition coefficient (Wildman–Crippen LogP) is 2.11. The average Bonchev–Trinajstić information content (AvgIpc) is 2.52. The molecule has 0 saturated heterocycles. The topological polar surface area (TPSA) is 38.3 Å². The van der Waals surface area contributed by atoms with Gasteiger partial charge in [-0.25, -0.2) is 0 Å². The van der Waals surface area contributed by atoms with E-state index in [0.717, 1.165) is 19.0 Å². The van der Waals surface area contributed by atoms with E-state index in [4.69, 9.17) is 0 Å². The number of ether oxygens (including phenoxy) is 1. The summed E-state index contributed by atoms with van der Waals surface area (Å²) < 4.78 is 4.58. The molecule has 15 heavy (non-hydrogen) atoms. The van der Waals surface area contributed by atoms with Crippen LogP contribution in [0.2, 0.25) is 0 Å². The molecule has 0 spiro atoms. The SMILES string of the molecule is COC(=O)CCNCC1CCCCCC1. The minimum atomic E-state index is -0.122. The smallest absolute Gasteiger partial charge is 0.306 e. The Morgan fingerprint density at radius 1 is 1.27 bits per heavy atom. The van der Waals surface area contributed by atoms with Gasteiger partial charge in [-0.1, -0.05) is 25.7 Å². The lowest BCUT2D eigenvalue weighted by Gasteiger charge is -2.14. The lowest BCUT2D eigenvalue weighted by molar-refractivity contribution is -0.140. The summed E-state index contributed by atoms with van der Waals surface area (Å²) in [6.45, 7) is 1.82. The molecule has 1 saturated carbocycles. The summed E-state index contributed by atoms with van der Waals surface area (Å²) in [5, 5.41) is 3.35. The molecule has 1 aliphatic carbocycles. The van der Waals surface area contributed by atoms with Crippen molar-refractivity contribution in [2.45, 2.75) is 44.9 Å². The maximum absolute atomic E-state index is 10.9. The molecule has 0 aromatic heterocycles. The molecule has 0 unspecified atom stereocenters.